The molecule has 0 aromatic heterocycles. The average Bonchev–Trinajstić information content (AvgIpc) is 2.83. The molecule has 0 aliphatic carbocycles. The number of carbonyl (C=O) groups excluding carboxylic acids is 1. The summed E-state index contributed by atoms with van der Waals surface area (Å²) in [5.74, 6) is -1.43. The quantitative estimate of drug-likeness (QED) is 0.864. The summed E-state index contributed by atoms with van der Waals surface area (Å²) in [6.45, 7) is 1.13. The van der Waals surface area contributed by atoms with Crippen molar-refractivity contribution in [2.45, 2.75) is 19.2 Å². The van der Waals surface area contributed by atoms with Crippen LogP contribution in [0, 0.1) is 0 Å². The highest BCUT2D eigenvalue weighted by atomic mass is 19.4. The molecule has 0 saturated carbocycles. The van der Waals surface area contributed by atoms with Gasteiger partial charge >= 0.3 is 12.1 Å². The molecule has 1 heterocycles. The molecule has 1 N–H and O–H groups in total. The predicted molar refractivity (Wildman–Crippen MR) is 59.2 cm³/mol. The van der Waals surface area contributed by atoms with Crippen molar-refractivity contribution in [3.8, 4) is 11.5 Å². The number of ether oxygens (including phenoxy) is 3. The number of carbonyl (C=O) groups is 1. The number of halogens is 3. The lowest BCUT2D eigenvalue weighted by Crippen LogP contribution is -2.20. The lowest BCUT2D eigenvalue weighted by atomic mass is 10.00. The van der Waals surface area contributed by atoms with Crippen LogP contribution in [0.2, 0.25) is 0 Å². The van der Waals surface area contributed by atoms with E-state index in [-0.39, 0.29) is 24.9 Å². The van der Waals surface area contributed by atoms with Crippen molar-refractivity contribution in [1.82, 2.24) is 0 Å². The molecule has 110 valence electrons. The Balaban J connectivity index is 2.54. The SMILES string of the molecule is CCOC(=O)C(O)c1c(C(F)(F)F)ccc2c1OCO2. The molecule has 0 spiro atoms. The lowest BCUT2D eigenvalue weighted by Gasteiger charge is -2.18. The first kappa shape index (κ1) is 14.4. The minimum atomic E-state index is -4.75. The normalized spacial score (nSPS) is 15.1. The fraction of sp³-hybridized carbons (Fsp3) is 0.417. The van der Waals surface area contributed by atoms with Crippen LogP contribution in [0.5, 0.6) is 11.5 Å². The lowest BCUT2D eigenvalue weighted by molar-refractivity contribution is -0.155. The summed E-state index contributed by atoms with van der Waals surface area (Å²) in [5.41, 5.74) is -1.85. The number of esters is 1. The van der Waals surface area contributed by atoms with E-state index < -0.39 is 29.4 Å². The molecule has 1 aliphatic rings. The first-order chi connectivity index (χ1) is 9.36. The molecule has 5 nitrogen and oxygen atoms in total. The third kappa shape index (κ3) is 2.51. The molecule has 0 fully saturated rings. The summed E-state index contributed by atoms with van der Waals surface area (Å²) in [6, 6.07) is 1.80. The number of aliphatic hydroxyl groups excluding tert-OH is 1. The van der Waals surface area contributed by atoms with Crippen LogP contribution >= 0.6 is 0 Å². The molecule has 0 radical (unpaired) electrons. The smallest absolute Gasteiger partial charge is 0.416 e. The number of rotatable bonds is 3. The maximum absolute atomic E-state index is 13.0. The molecule has 1 atom stereocenters. The Kier molecular flexibility index (Phi) is 3.76. The monoisotopic (exact) mass is 292 g/mol. The zero-order chi connectivity index (χ0) is 14.9. The summed E-state index contributed by atoms with van der Waals surface area (Å²) in [7, 11) is 0. The van der Waals surface area contributed by atoms with Gasteiger partial charge in [0.15, 0.2) is 17.6 Å². The third-order valence-corrected chi connectivity index (χ3v) is 2.67. The summed E-state index contributed by atoms with van der Waals surface area (Å²) in [6.07, 6.45) is -6.84. The number of fused-ring (bicyclic) bond motifs is 1. The topological polar surface area (TPSA) is 65.0 Å². The molecular formula is C12H11F3O5. The maximum Gasteiger partial charge on any atom is 0.416 e. The van der Waals surface area contributed by atoms with Gasteiger partial charge in [-0.05, 0) is 19.1 Å². The summed E-state index contributed by atoms with van der Waals surface area (Å²) < 4.78 is 53.3. The Morgan fingerprint density at radius 1 is 1.45 bits per heavy atom. The molecule has 1 unspecified atom stereocenters. The molecule has 0 bridgehead atoms. The van der Waals surface area contributed by atoms with Gasteiger partial charge < -0.3 is 19.3 Å². The van der Waals surface area contributed by atoms with Gasteiger partial charge in [0.25, 0.3) is 0 Å². The van der Waals surface area contributed by atoms with Crippen molar-refractivity contribution < 1.29 is 37.3 Å². The van der Waals surface area contributed by atoms with Crippen LogP contribution in [0.3, 0.4) is 0 Å². The Morgan fingerprint density at radius 3 is 2.75 bits per heavy atom. The molecule has 20 heavy (non-hydrogen) atoms. The number of benzene rings is 1. The maximum atomic E-state index is 13.0. The van der Waals surface area contributed by atoms with E-state index in [1.165, 1.54) is 6.92 Å². The van der Waals surface area contributed by atoms with Crippen LogP contribution < -0.4 is 9.47 Å². The van der Waals surface area contributed by atoms with E-state index in [2.05, 4.69) is 4.74 Å². The van der Waals surface area contributed by atoms with Gasteiger partial charge in [-0.2, -0.15) is 13.2 Å². The van der Waals surface area contributed by atoms with Crippen molar-refractivity contribution in [3.05, 3.63) is 23.3 Å². The molecule has 1 aliphatic heterocycles. The van der Waals surface area contributed by atoms with Gasteiger partial charge in [0.1, 0.15) is 0 Å². The molecule has 0 saturated heterocycles. The fourth-order valence-corrected chi connectivity index (χ4v) is 1.85. The third-order valence-electron chi connectivity index (χ3n) is 2.67. The summed E-state index contributed by atoms with van der Waals surface area (Å²) in [4.78, 5) is 11.5. The fourth-order valence-electron chi connectivity index (χ4n) is 1.85. The van der Waals surface area contributed by atoms with Gasteiger partial charge in [0.2, 0.25) is 6.79 Å². The highest BCUT2D eigenvalue weighted by Gasteiger charge is 2.41. The highest BCUT2D eigenvalue weighted by Crippen LogP contribution is 2.46. The van der Waals surface area contributed by atoms with Crippen LogP contribution in [0.25, 0.3) is 0 Å². The second-order valence-corrected chi connectivity index (χ2v) is 3.91. The van der Waals surface area contributed by atoms with Crippen molar-refractivity contribution in [1.29, 1.82) is 0 Å². The molecular weight excluding hydrogens is 281 g/mol. The zero-order valence-corrected chi connectivity index (χ0v) is 10.4. The van der Waals surface area contributed by atoms with E-state index in [0.717, 1.165) is 12.1 Å². The minimum Gasteiger partial charge on any atom is -0.464 e. The average molecular weight is 292 g/mol. The number of alkyl halides is 3. The van der Waals surface area contributed by atoms with E-state index >= 15 is 0 Å². The molecule has 1 aromatic rings. The van der Waals surface area contributed by atoms with E-state index in [1.54, 1.807) is 0 Å². The van der Waals surface area contributed by atoms with E-state index in [9.17, 15) is 23.1 Å². The number of hydrogen-bond acceptors (Lipinski definition) is 5. The van der Waals surface area contributed by atoms with Gasteiger partial charge in [-0.1, -0.05) is 0 Å². The first-order valence-electron chi connectivity index (χ1n) is 5.70. The van der Waals surface area contributed by atoms with Crippen LogP contribution in [-0.4, -0.2) is 24.5 Å². The first-order valence-corrected chi connectivity index (χ1v) is 5.70. The van der Waals surface area contributed by atoms with E-state index in [0.29, 0.717) is 0 Å². The van der Waals surface area contributed by atoms with Gasteiger partial charge in [-0.3, -0.25) is 0 Å². The van der Waals surface area contributed by atoms with Gasteiger partial charge in [-0.25, -0.2) is 4.79 Å². The van der Waals surface area contributed by atoms with Crippen LogP contribution in [0.4, 0.5) is 13.2 Å². The molecule has 8 heteroatoms. The molecule has 0 amide bonds. The standard InChI is InChI=1S/C12H11F3O5/c1-2-18-11(17)9(16)8-6(12(13,14)15)3-4-7-10(8)20-5-19-7/h3-4,9,16H,2,5H2,1H3. The predicted octanol–water partition coefficient (Wildman–Crippen LogP) is 2.03. The second-order valence-electron chi connectivity index (χ2n) is 3.91. The number of hydrogen-bond donors (Lipinski definition) is 1. The van der Waals surface area contributed by atoms with Gasteiger partial charge in [0.05, 0.1) is 17.7 Å². The van der Waals surface area contributed by atoms with Crippen LogP contribution in [0.1, 0.15) is 24.2 Å². The van der Waals surface area contributed by atoms with Gasteiger partial charge in [-0.15, -0.1) is 0 Å². The zero-order valence-electron chi connectivity index (χ0n) is 10.4. The van der Waals surface area contributed by atoms with Crippen molar-refractivity contribution in [2.24, 2.45) is 0 Å². The van der Waals surface area contributed by atoms with Crippen LogP contribution in [0.15, 0.2) is 12.1 Å². The van der Waals surface area contributed by atoms with E-state index in [4.69, 9.17) is 9.47 Å². The van der Waals surface area contributed by atoms with Crippen LogP contribution in [-0.2, 0) is 15.7 Å². The largest absolute Gasteiger partial charge is 0.464 e. The molecule has 1 aromatic carbocycles. The van der Waals surface area contributed by atoms with Gasteiger partial charge in [0, 0.05) is 0 Å². The molecule has 2 rings (SSSR count). The Hall–Kier alpha value is -1.96. The van der Waals surface area contributed by atoms with Crippen molar-refractivity contribution in [2.75, 3.05) is 13.4 Å². The number of aliphatic hydroxyl groups is 1. The Labute approximate surface area is 111 Å². The summed E-state index contributed by atoms with van der Waals surface area (Å²) in [5, 5.41) is 9.82. The Bertz CT molecular complexity index is 527. The van der Waals surface area contributed by atoms with Crippen molar-refractivity contribution in [3.63, 3.8) is 0 Å². The Morgan fingerprint density at radius 2 is 2.15 bits per heavy atom. The minimum absolute atomic E-state index is 0.0383. The summed E-state index contributed by atoms with van der Waals surface area (Å²) >= 11 is 0. The highest BCUT2D eigenvalue weighted by molar-refractivity contribution is 5.79. The van der Waals surface area contributed by atoms with E-state index in [1.807, 2.05) is 0 Å². The second kappa shape index (κ2) is 5.20. The van der Waals surface area contributed by atoms with Crippen molar-refractivity contribution >= 4 is 5.97 Å².